The van der Waals surface area contributed by atoms with Crippen LogP contribution in [0.15, 0.2) is 24.3 Å². The molecule has 166 valence electrons. The number of anilines is 3. The standard InChI is InChI=1S/C23H32N6O2/c1-3-4-12-31-23-26-21(24)20-22(27-23)29(15-19(30)25-20)16(2)18-9-7-8-17(13-18)14-28-10-5-6-11-28/h7-9,13,16H,3-6,10-12,14-15H2,1-2H3,(H,25,30)(H2,24,26,27). The molecule has 1 fully saturated rings. The zero-order valence-electron chi connectivity index (χ0n) is 18.4. The lowest BCUT2D eigenvalue weighted by molar-refractivity contribution is -0.115. The van der Waals surface area contributed by atoms with Crippen LogP contribution in [0.5, 0.6) is 6.01 Å². The van der Waals surface area contributed by atoms with Crippen LogP contribution in [0.4, 0.5) is 17.3 Å². The van der Waals surface area contributed by atoms with Gasteiger partial charge in [0.05, 0.1) is 19.2 Å². The number of nitrogens with one attached hydrogen (secondary N) is 1. The van der Waals surface area contributed by atoms with Crippen molar-refractivity contribution in [2.24, 2.45) is 0 Å². The van der Waals surface area contributed by atoms with Crippen molar-refractivity contribution in [1.29, 1.82) is 0 Å². The largest absolute Gasteiger partial charge is 0.463 e. The molecule has 31 heavy (non-hydrogen) atoms. The molecular weight excluding hydrogens is 392 g/mol. The van der Waals surface area contributed by atoms with E-state index < -0.39 is 0 Å². The maximum absolute atomic E-state index is 12.4. The van der Waals surface area contributed by atoms with Gasteiger partial charge in [-0.2, -0.15) is 9.97 Å². The van der Waals surface area contributed by atoms with E-state index in [1.54, 1.807) is 0 Å². The molecule has 0 spiro atoms. The van der Waals surface area contributed by atoms with E-state index in [1.165, 1.54) is 18.4 Å². The number of unbranched alkanes of at least 4 members (excludes halogenated alkanes) is 1. The molecule has 0 bridgehead atoms. The fourth-order valence-electron chi connectivity index (χ4n) is 4.20. The predicted molar refractivity (Wildman–Crippen MR) is 122 cm³/mol. The van der Waals surface area contributed by atoms with E-state index >= 15 is 0 Å². The summed E-state index contributed by atoms with van der Waals surface area (Å²) in [6, 6.07) is 8.80. The maximum Gasteiger partial charge on any atom is 0.320 e. The highest BCUT2D eigenvalue weighted by Gasteiger charge is 2.31. The number of rotatable bonds is 8. The second-order valence-corrected chi connectivity index (χ2v) is 8.37. The number of ether oxygens (including phenoxy) is 1. The molecule has 2 aliphatic rings. The van der Waals surface area contributed by atoms with Crippen LogP contribution >= 0.6 is 0 Å². The Morgan fingerprint density at radius 3 is 2.84 bits per heavy atom. The number of likely N-dealkylation sites (tertiary alicyclic amines) is 1. The number of fused-ring (bicyclic) bond motifs is 1. The van der Waals surface area contributed by atoms with Gasteiger partial charge < -0.3 is 20.7 Å². The second-order valence-electron chi connectivity index (χ2n) is 8.37. The number of carbonyl (C=O) groups is 1. The first-order chi connectivity index (χ1) is 15.0. The van der Waals surface area contributed by atoms with Gasteiger partial charge in [0.25, 0.3) is 0 Å². The van der Waals surface area contributed by atoms with Crippen molar-refractivity contribution in [3.8, 4) is 6.01 Å². The topological polar surface area (TPSA) is 96.6 Å². The number of nitrogens with zero attached hydrogens (tertiary/aromatic N) is 4. The maximum atomic E-state index is 12.4. The molecule has 1 aromatic heterocycles. The predicted octanol–water partition coefficient (Wildman–Crippen LogP) is 3.35. The van der Waals surface area contributed by atoms with Gasteiger partial charge in [0.1, 0.15) is 5.69 Å². The highest BCUT2D eigenvalue weighted by Crippen LogP contribution is 2.38. The van der Waals surface area contributed by atoms with Crippen LogP contribution in [-0.2, 0) is 11.3 Å². The number of hydrogen-bond acceptors (Lipinski definition) is 7. The third-order valence-corrected chi connectivity index (χ3v) is 5.98. The summed E-state index contributed by atoms with van der Waals surface area (Å²) in [7, 11) is 0. The summed E-state index contributed by atoms with van der Waals surface area (Å²) in [6.45, 7) is 8.22. The Hall–Kier alpha value is -2.87. The molecule has 0 aliphatic carbocycles. The first-order valence-corrected chi connectivity index (χ1v) is 11.2. The quantitative estimate of drug-likeness (QED) is 0.627. The van der Waals surface area contributed by atoms with E-state index in [4.69, 9.17) is 10.5 Å². The number of aromatic nitrogens is 2. The number of hydrogen-bond donors (Lipinski definition) is 2. The second kappa shape index (κ2) is 9.51. The summed E-state index contributed by atoms with van der Waals surface area (Å²) >= 11 is 0. The van der Waals surface area contributed by atoms with Crippen molar-refractivity contribution in [1.82, 2.24) is 14.9 Å². The molecule has 1 unspecified atom stereocenters. The van der Waals surface area contributed by atoms with Crippen LogP contribution < -0.4 is 20.7 Å². The number of nitrogens with two attached hydrogens (primary N) is 1. The normalized spacial score (nSPS) is 17.4. The SMILES string of the molecule is CCCCOc1nc(N)c2c(n1)N(C(C)c1cccc(CN3CCCC3)c1)CC(=O)N2. The highest BCUT2D eigenvalue weighted by atomic mass is 16.5. The van der Waals surface area contributed by atoms with Gasteiger partial charge in [-0.15, -0.1) is 0 Å². The Morgan fingerprint density at radius 1 is 1.26 bits per heavy atom. The van der Waals surface area contributed by atoms with Gasteiger partial charge in [-0.25, -0.2) is 0 Å². The molecular formula is C23H32N6O2. The van der Waals surface area contributed by atoms with Gasteiger partial charge in [0.15, 0.2) is 11.6 Å². The average Bonchev–Trinajstić information content (AvgIpc) is 3.27. The monoisotopic (exact) mass is 424 g/mol. The van der Waals surface area contributed by atoms with Crippen LogP contribution in [0, 0.1) is 0 Å². The van der Waals surface area contributed by atoms with E-state index in [0.29, 0.717) is 18.1 Å². The smallest absolute Gasteiger partial charge is 0.320 e. The number of benzene rings is 1. The summed E-state index contributed by atoms with van der Waals surface area (Å²) in [5.74, 6) is 0.711. The minimum Gasteiger partial charge on any atom is -0.463 e. The molecule has 0 saturated carbocycles. The summed E-state index contributed by atoms with van der Waals surface area (Å²) in [4.78, 5) is 25.7. The third kappa shape index (κ3) is 4.90. The summed E-state index contributed by atoms with van der Waals surface area (Å²) in [6.07, 6.45) is 4.49. The molecule has 2 aliphatic heterocycles. The first-order valence-electron chi connectivity index (χ1n) is 11.2. The van der Waals surface area contributed by atoms with Crippen molar-refractivity contribution in [3.05, 3.63) is 35.4 Å². The van der Waals surface area contributed by atoms with Gasteiger partial charge in [-0.1, -0.05) is 37.6 Å². The van der Waals surface area contributed by atoms with E-state index in [1.807, 2.05) is 4.90 Å². The third-order valence-electron chi connectivity index (χ3n) is 5.98. The zero-order chi connectivity index (χ0) is 21.8. The van der Waals surface area contributed by atoms with Gasteiger partial charge in [0.2, 0.25) is 5.91 Å². The Bertz CT molecular complexity index is 928. The van der Waals surface area contributed by atoms with E-state index in [0.717, 1.165) is 38.0 Å². The van der Waals surface area contributed by atoms with Gasteiger partial charge >= 0.3 is 6.01 Å². The van der Waals surface area contributed by atoms with Crippen molar-refractivity contribution in [2.45, 2.75) is 52.1 Å². The molecule has 3 heterocycles. The number of amides is 1. The Labute approximate surface area is 183 Å². The summed E-state index contributed by atoms with van der Waals surface area (Å²) < 4.78 is 5.70. The van der Waals surface area contributed by atoms with E-state index in [2.05, 4.69) is 58.3 Å². The molecule has 1 atom stereocenters. The molecule has 1 aromatic carbocycles. The minimum atomic E-state index is -0.123. The van der Waals surface area contributed by atoms with E-state index in [-0.39, 0.29) is 30.3 Å². The molecule has 0 radical (unpaired) electrons. The summed E-state index contributed by atoms with van der Waals surface area (Å²) in [5.41, 5.74) is 9.04. The van der Waals surface area contributed by atoms with Crippen LogP contribution in [0.1, 0.15) is 56.7 Å². The molecule has 1 saturated heterocycles. The molecule has 2 aromatic rings. The van der Waals surface area contributed by atoms with E-state index in [9.17, 15) is 4.79 Å². The molecule has 3 N–H and O–H groups in total. The minimum absolute atomic E-state index is 0.0545. The zero-order valence-corrected chi connectivity index (χ0v) is 18.4. The Kier molecular flexibility index (Phi) is 6.56. The number of nitrogen functional groups attached to an aromatic ring is 1. The molecule has 4 rings (SSSR count). The van der Waals surface area contributed by atoms with Crippen LogP contribution in [0.3, 0.4) is 0 Å². The lowest BCUT2D eigenvalue weighted by atomic mass is 10.0. The van der Waals surface area contributed by atoms with Crippen LogP contribution in [0.25, 0.3) is 0 Å². The van der Waals surface area contributed by atoms with Gasteiger partial charge in [-0.3, -0.25) is 9.69 Å². The lowest BCUT2D eigenvalue weighted by Crippen LogP contribution is -2.41. The molecule has 8 heteroatoms. The van der Waals surface area contributed by atoms with Crippen molar-refractivity contribution in [3.63, 3.8) is 0 Å². The summed E-state index contributed by atoms with van der Waals surface area (Å²) in [5, 5.41) is 2.83. The van der Waals surface area contributed by atoms with Crippen LogP contribution in [-0.4, -0.2) is 47.0 Å². The van der Waals surface area contributed by atoms with Crippen molar-refractivity contribution in [2.75, 3.05) is 42.2 Å². The van der Waals surface area contributed by atoms with Crippen molar-refractivity contribution < 1.29 is 9.53 Å². The number of carbonyl (C=O) groups excluding carboxylic acids is 1. The fraction of sp³-hybridized carbons (Fsp3) is 0.522. The fourth-order valence-corrected chi connectivity index (χ4v) is 4.20. The highest BCUT2D eigenvalue weighted by molar-refractivity contribution is 6.03. The Morgan fingerprint density at radius 2 is 2.06 bits per heavy atom. The lowest BCUT2D eigenvalue weighted by Gasteiger charge is -2.35. The molecule has 8 nitrogen and oxygen atoms in total. The van der Waals surface area contributed by atoms with Gasteiger partial charge in [-0.05, 0) is 50.4 Å². The Balaban J connectivity index is 1.60. The molecule has 1 amide bonds. The average molecular weight is 425 g/mol. The van der Waals surface area contributed by atoms with Gasteiger partial charge in [0, 0.05) is 6.54 Å². The first kappa shape index (κ1) is 21.4. The van der Waals surface area contributed by atoms with Crippen molar-refractivity contribution >= 4 is 23.2 Å². The van der Waals surface area contributed by atoms with Crippen LogP contribution in [0.2, 0.25) is 0 Å².